The molecule has 19 heavy (non-hydrogen) atoms. The Kier molecular flexibility index (Phi) is 2.70. The first-order valence-electron chi connectivity index (χ1n) is 6.12. The first kappa shape index (κ1) is 12.3. The molecule has 0 saturated heterocycles. The van der Waals surface area contributed by atoms with E-state index in [9.17, 15) is 18.5 Å². The minimum absolute atomic E-state index is 0.174. The molecule has 1 aromatic carbocycles. The van der Waals surface area contributed by atoms with Crippen LogP contribution in [0, 0.1) is 22.0 Å². The standard InChI is InChI=1S/C13H13NO4S/c15-14(16)12-9-6-7-10(8-9)13(12)19(17,18)11-4-2-1-3-5-11/h1-7,9-10,12-13H,8H2/t9-,10+,12-,13-/m0/s1. The second-order valence-corrected chi connectivity index (χ2v) is 7.15. The van der Waals surface area contributed by atoms with Crippen molar-refractivity contribution in [1.29, 1.82) is 0 Å². The van der Waals surface area contributed by atoms with Crippen LogP contribution in [0.4, 0.5) is 0 Å². The van der Waals surface area contributed by atoms with Crippen molar-refractivity contribution < 1.29 is 13.3 Å². The Morgan fingerprint density at radius 1 is 1.11 bits per heavy atom. The summed E-state index contributed by atoms with van der Waals surface area (Å²) in [7, 11) is -3.66. The van der Waals surface area contributed by atoms with Crippen molar-refractivity contribution in [3.05, 3.63) is 52.6 Å². The molecule has 1 aromatic rings. The van der Waals surface area contributed by atoms with E-state index in [1.54, 1.807) is 24.3 Å². The normalized spacial score (nSPS) is 32.6. The number of nitrogens with zero attached hydrogens (tertiary/aromatic N) is 1. The number of benzene rings is 1. The summed E-state index contributed by atoms with van der Waals surface area (Å²) >= 11 is 0. The van der Waals surface area contributed by atoms with E-state index in [4.69, 9.17) is 0 Å². The number of hydrogen-bond donors (Lipinski definition) is 0. The Labute approximate surface area is 111 Å². The van der Waals surface area contributed by atoms with Gasteiger partial charge in [0.05, 0.1) is 4.90 Å². The summed E-state index contributed by atoms with van der Waals surface area (Å²) in [5, 5.41) is 10.3. The molecular weight excluding hydrogens is 266 g/mol. The van der Waals surface area contributed by atoms with Gasteiger partial charge >= 0.3 is 0 Å². The summed E-state index contributed by atoms with van der Waals surface area (Å²) in [4.78, 5) is 10.9. The van der Waals surface area contributed by atoms with Crippen molar-refractivity contribution in [1.82, 2.24) is 0 Å². The van der Waals surface area contributed by atoms with Crippen molar-refractivity contribution in [2.45, 2.75) is 22.6 Å². The maximum atomic E-state index is 12.6. The molecule has 2 aliphatic rings. The van der Waals surface area contributed by atoms with Crippen molar-refractivity contribution >= 4 is 9.84 Å². The van der Waals surface area contributed by atoms with Gasteiger partial charge in [0.15, 0.2) is 9.84 Å². The summed E-state index contributed by atoms with van der Waals surface area (Å²) in [5.74, 6) is -0.478. The van der Waals surface area contributed by atoms with E-state index in [1.807, 2.05) is 6.08 Å². The molecule has 0 spiro atoms. The van der Waals surface area contributed by atoms with E-state index >= 15 is 0 Å². The third-order valence-corrected chi connectivity index (χ3v) is 6.29. The highest BCUT2D eigenvalue weighted by Gasteiger charge is 2.57. The highest BCUT2D eigenvalue weighted by atomic mass is 32.2. The third-order valence-electron chi connectivity index (χ3n) is 4.02. The van der Waals surface area contributed by atoms with E-state index in [2.05, 4.69) is 0 Å². The summed E-state index contributed by atoms with van der Waals surface area (Å²) < 4.78 is 25.2. The summed E-state index contributed by atoms with van der Waals surface area (Å²) in [5.41, 5.74) is 0. The monoisotopic (exact) mass is 279 g/mol. The van der Waals surface area contributed by atoms with E-state index in [0.29, 0.717) is 6.42 Å². The van der Waals surface area contributed by atoms with Crippen LogP contribution in [0.15, 0.2) is 47.4 Å². The Morgan fingerprint density at radius 2 is 1.74 bits per heavy atom. The first-order valence-corrected chi connectivity index (χ1v) is 7.67. The van der Waals surface area contributed by atoms with Gasteiger partial charge < -0.3 is 0 Å². The molecular formula is C13H13NO4S. The lowest BCUT2D eigenvalue weighted by molar-refractivity contribution is -0.525. The maximum absolute atomic E-state index is 12.6. The molecule has 3 rings (SSSR count). The summed E-state index contributed by atoms with van der Waals surface area (Å²) in [6.45, 7) is 0. The Hall–Kier alpha value is -1.69. The third kappa shape index (κ3) is 1.78. The van der Waals surface area contributed by atoms with Gasteiger partial charge in [0.25, 0.3) is 0 Å². The summed E-state index contributed by atoms with van der Waals surface area (Å²) in [6, 6.07) is 6.99. The molecule has 0 unspecified atom stereocenters. The number of hydrogen-bond acceptors (Lipinski definition) is 4. The van der Waals surface area contributed by atoms with E-state index in [-0.39, 0.29) is 16.7 Å². The number of fused-ring (bicyclic) bond motifs is 2. The minimum Gasteiger partial charge on any atom is -0.264 e. The van der Waals surface area contributed by atoms with Gasteiger partial charge in [-0.2, -0.15) is 0 Å². The van der Waals surface area contributed by atoms with E-state index < -0.39 is 26.1 Å². The molecule has 0 heterocycles. The van der Waals surface area contributed by atoms with Crippen LogP contribution in [-0.2, 0) is 9.84 Å². The highest BCUT2D eigenvalue weighted by Crippen LogP contribution is 2.45. The molecule has 0 aromatic heterocycles. The minimum atomic E-state index is -3.66. The molecule has 1 saturated carbocycles. The van der Waals surface area contributed by atoms with Crippen LogP contribution in [0.1, 0.15) is 6.42 Å². The van der Waals surface area contributed by atoms with Gasteiger partial charge in [-0.05, 0) is 18.6 Å². The largest absolute Gasteiger partial charge is 0.264 e. The second kappa shape index (κ2) is 4.16. The molecule has 0 aliphatic heterocycles. The molecule has 0 radical (unpaired) electrons. The fourth-order valence-corrected chi connectivity index (χ4v) is 5.39. The number of sulfone groups is 1. The molecule has 0 amide bonds. The second-order valence-electron chi connectivity index (χ2n) is 5.05. The van der Waals surface area contributed by atoms with Gasteiger partial charge in [-0.15, -0.1) is 0 Å². The molecule has 0 N–H and O–H groups in total. The Balaban J connectivity index is 2.06. The zero-order valence-electron chi connectivity index (χ0n) is 10.0. The lowest BCUT2D eigenvalue weighted by Gasteiger charge is -2.21. The summed E-state index contributed by atoms with van der Waals surface area (Å²) in [6.07, 6.45) is 4.17. The van der Waals surface area contributed by atoms with Gasteiger partial charge in [0, 0.05) is 16.8 Å². The molecule has 6 heteroatoms. The predicted octanol–water partition coefficient (Wildman–Crippen LogP) is 1.68. The van der Waals surface area contributed by atoms with Crippen molar-refractivity contribution in [2.24, 2.45) is 11.8 Å². The molecule has 4 atom stereocenters. The zero-order chi connectivity index (χ0) is 13.6. The molecule has 1 fully saturated rings. The van der Waals surface area contributed by atoms with Gasteiger partial charge in [-0.1, -0.05) is 30.4 Å². The van der Waals surface area contributed by atoms with Gasteiger partial charge in [0.2, 0.25) is 6.04 Å². The van der Waals surface area contributed by atoms with Crippen LogP contribution in [0.25, 0.3) is 0 Å². The predicted molar refractivity (Wildman–Crippen MR) is 68.9 cm³/mol. The van der Waals surface area contributed by atoms with Gasteiger partial charge in [-0.3, -0.25) is 10.1 Å². The van der Waals surface area contributed by atoms with Crippen molar-refractivity contribution in [3.8, 4) is 0 Å². The fraction of sp³-hybridized carbons (Fsp3) is 0.385. The van der Waals surface area contributed by atoms with Gasteiger partial charge in [0.1, 0.15) is 5.25 Å². The number of rotatable bonds is 3. The van der Waals surface area contributed by atoms with Crippen molar-refractivity contribution in [2.75, 3.05) is 0 Å². The SMILES string of the molecule is O=[N+]([O-])[C@@H]1[C@@H](S(=O)(=O)c2ccccc2)[C@@H]2C=C[C@H]1C2. The quantitative estimate of drug-likeness (QED) is 0.479. The molecule has 100 valence electrons. The topological polar surface area (TPSA) is 77.3 Å². The maximum Gasteiger partial charge on any atom is 0.236 e. The Bertz CT molecular complexity index is 638. The highest BCUT2D eigenvalue weighted by molar-refractivity contribution is 7.92. The van der Waals surface area contributed by atoms with Crippen LogP contribution >= 0.6 is 0 Å². The van der Waals surface area contributed by atoms with Crippen LogP contribution < -0.4 is 0 Å². The van der Waals surface area contributed by atoms with Crippen LogP contribution in [-0.4, -0.2) is 24.6 Å². The van der Waals surface area contributed by atoms with Crippen molar-refractivity contribution in [3.63, 3.8) is 0 Å². The average Bonchev–Trinajstić information content (AvgIpc) is 3.00. The smallest absolute Gasteiger partial charge is 0.236 e. The Morgan fingerprint density at radius 3 is 2.37 bits per heavy atom. The molecule has 5 nitrogen and oxygen atoms in total. The van der Waals surface area contributed by atoms with E-state index in [0.717, 1.165) is 0 Å². The lowest BCUT2D eigenvalue weighted by atomic mass is 10.0. The van der Waals surface area contributed by atoms with Crippen LogP contribution in [0.3, 0.4) is 0 Å². The number of nitro groups is 1. The van der Waals surface area contributed by atoms with Crippen LogP contribution in [0.2, 0.25) is 0 Å². The number of allylic oxidation sites excluding steroid dienone is 1. The first-order chi connectivity index (χ1) is 9.01. The molecule has 2 bridgehead atoms. The average molecular weight is 279 g/mol. The van der Waals surface area contributed by atoms with E-state index in [1.165, 1.54) is 12.1 Å². The fourth-order valence-electron chi connectivity index (χ4n) is 3.21. The van der Waals surface area contributed by atoms with Gasteiger partial charge in [-0.25, -0.2) is 8.42 Å². The zero-order valence-corrected chi connectivity index (χ0v) is 10.9. The lowest BCUT2D eigenvalue weighted by Crippen LogP contribution is -2.42. The molecule has 2 aliphatic carbocycles. The van der Waals surface area contributed by atoms with Crippen LogP contribution in [0.5, 0.6) is 0 Å².